The molecule has 4 aromatic heterocycles. The van der Waals surface area contributed by atoms with Crippen LogP contribution in [0.25, 0.3) is 16.6 Å². The van der Waals surface area contributed by atoms with Gasteiger partial charge in [0.1, 0.15) is 23.0 Å². The number of halogens is 3. The van der Waals surface area contributed by atoms with E-state index in [0.29, 0.717) is 47.3 Å². The molecule has 14 nitrogen and oxygen atoms in total. The van der Waals surface area contributed by atoms with Crippen molar-refractivity contribution in [3.8, 4) is 5.75 Å². The number of hydrogen-bond donors (Lipinski definition) is 2. The monoisotopic (exact) mass is 756 g/mol. The first-order valence-corrected chi connectivity index (χ1v) is 18.5. The first-order valence-electron chi connectivity index (χ1n) is 18.5. The zero-order valence-electron chi connectivity index (χ0n) is 30.0. The number of fused-ring (bicyclic) bond motifs is 4. The van der Waals surface area contributed by atoms with E-state index in [-0.39, 0.29) is 24.1 Å². The van der Waals surface area contributed by atoms with Gasteiger partial charge in [-0.05, 0) is 68.4 Å². The summed E-state index contributed by atoms with van der Waals surface area (Å²) in [7, 11) is 1.46. The van der Waals surface area contributed by atoms with Gasteiger partial charge in [-0.25, -0.2) is 14.8 Å². The van der Waals surface area contributed by atoms with Gasteiger partial charge in [-0.15, -0.1) is 0 Å². The summed E-state index contributed by atoms with van der Waals surface area (Å²) in [4.78, 5) is 52.0. The third-order valence-electron chi connectivity index (χ3n) is 11.5. The van der Waals surface area contributed by atoms with E-state index in [2.05, 4.69) is 31.5 Å². The first kappa shape index (κ1) is 35.0. The van der Waals surface area contributed by atoms with Crippen LogP contribution < -0.4 is 25.2 Å². The Bertz CT molecular complexity index is 2300. The Hall–Kier alpha value is -5.71. The van der Waals surface area contributed by atoms with Crippen molar-refractivity contribution >= 4 is 51.6 Å². The number of piperazine rings is 1. The molecule has 2 N–H and O–H groups in total. The number of nitrogens with one attached hydrogen (secondary N) is 2. The van der Waals surface area contributed by atoms with Crippen LogP contribution in [0.1, 0.15) is 60.7 Å². The molecule has 286 valence electrons. The molecule has 1 saturated carbocycles. The Labute approximate surface area is 313 Å². The van der Waals surface area contributed by atoms with E-state index >= 15 is 0 Å². The van der Waals surface area contributed by atoms with Crippen molar-refractivity contribution in [1.82, 2.24) is 34.4 Å². The normalized spacial score (nSPS) is 23.2. The summed E-state index contributed by atoms with van der Waals surface area (Å²) in [5.74, 6) is 0.536. The number of rotatable bonds is 8. The number of carbonyl (C=O) groups excluding carboxylic acids is 3. The number of imide groups is 1. The molecule has 17 heteroatoms. The van der Waals surface area contributed by atoms with E-state index in [1.807, 2.05) is 27.5 Å². The fraction of sp³-hybridized carbons (Fsp3) is 0.421. The van der Waals surface area contributed by atoms with E-state index in [4.69, 9.17) is 14.8 Å². The molecule has 10 rings (SSSR count). The van der Waals surface area contributed by atoms with Crippen molar-refractivity contribution in [3.63, 3.8) is 0 Å². The van der Waals surface area contributed by atoms with Crippen LogP contribution in [0.3, 0.4) is 0 Å². The molecule has 8 heterocycles. The minimum atomic E-state index is -4.66. The molecule has 4 amide bonds. The van der Waals surface area contributed by atoms with Gasteiger partial charge in [0.15, 0.2) is 5.65 Å². The lowest BCUT2D eigenvalue weighted by atomic mass is 9.81. The number of methoxy groups -OCH3 is 1. The van der Waals surface area contributed by atoms with E-state index in [9.17, 15) is 27.6 Å². The number of benzene rings is 1. The lowest BCUT2D eigenvalue weighted by Gasteiger charge is -2.58. The Morgan fingerprint density at radius 1 is 1.04 bits per heavy atom. The second-order valence-corrected chi connectivity index (χ2v) is 14.9. The zero-order valence-corrected chi connectivity index (χ0v) is 30.0. The van der Waals surface area contributed by atoms with Gasteiger partial charge in [0.05, 0.1) is 36.2 Å². The molecule has 0 spiro atoms. The number of amides is 4. The summed E-state index contributed by atoms with van der Waals surface area (Å²) < 4.78 is 48.9. The van der Waals surface area contributed by atoms with Gasteiger partial charge in [-0.2, -0.15) is 18.3 Å². The number of ether oxygens (including phenoxy) is 1. The number of pyridine rings is 2. The molecule has 2 atom stereocenters. The van der Waals surface area contributed by atoms with Crippen LogP contribution in [0.5, 0.6) is 5.75 Å². The molecule has 4 saturated heterocycles. The minimum Gasteiger partial charge on any atom is -0.494 e. The lowest BCUT2D eigenvalue weighted by molar-refractivity contribution is -0.141. The van der Waals surface area contributed by atoms with Crippen LogP contribution in [0.2, 0.25) is 0 Å². The van der Waals surface area contributed by atoms with Crippen LogP contribution in [-0.2, 0) is 11.0 Å². The van der Waals surface area contributed by atoms with Gasteiger partial charge < -0.3 is 15.0 Å². The molecule has 2 bridgehead atoms. The number of alkyl halides is 3. The average molecular weight is 757 g/mol. The van der Waals surface area contributed by atoms with Crippen molar-refractivity contribution in [2.45, 2.75) is 62.8 Å². The number of nitrogens with zero attached hydrogens (tertiary/aromatic N) is 8. The molecule has 5 aromatic rings. The topological polar surface area (TPSA) is 142 Å². The molecule has 5 fully saturated rings. The molecule has 5 aliphatic rings. The molecule has 55 heavy (non-hydrogen) atoms. The Morgan fingerprint density at radius 2 is 1.84 bits per heavy atom. The largest absolute Gasteiger partial charge is 0.494 e. The fourth-order valence-corrected chi connectivity index (χ4v) is 8.72. The van der Waals surface area contributed by atoms with E-state index in [1.54, 1.807) is 23.2 Å². The van der Waals surface area contributed by atoms with Gasteiger partial charge in [0.2, 0.25) is 5.91 Å². The van der Waals surface area contributed by atoms with Crippen LogP contribution in [0.15, 0.2) is 61.1 Å². The first-order chi connectivity index (χ1) is 26.5. The summed E-state index contributed by atoms with van der Waals surface area (Å²) in [6.45, 7) is 3.21. The predicted octanol–water partition coefficient (Wildman–Crippen LogP) is 5.50. The number of piperidine rings is 1. The Balaban J connectivity index is 0.814. The number of aromatic nitrogens is 5. The quantitative estimate of drug-likeness (QED) is 0.210. The van der Waals surface area contributed by atoms with Crippen molar-refractivity contribution < 1.29 is 32.3 Å². The van der Waals surface area contributed by atoms with Crippen molar-refractivity contribution in [1.29, 1.82) is 0 Å². The maximum absolute atomic E-state index is 13.2. The second-order valence-electron chi connectivity index (χ2n) is 14.9. The number of anilines is 3. The zero-order chi connectivity index (χ0) is 38.0. The highest BCUT2D eigenvalue weighted by Gasteiger charge is 2.46. The third kappa shape index (κ3) is 6.49. The maximum atomic E-state index is 13.2. The molecule has 4 aliphatic heterocycles. The minimum absolute atomic E-state index is 0.227. The van der Waals surface area contributed by atoms with Crippen LogP contribution >= 0.6 is 0 Å². The summed E-state index contributed by atoms with van der Waals surface area (Å²) >= 11 is 0. The van der Waals surface area contributed by atoms with Crippen LogP contribution in [0, 0.1) is 5.92 Å². The highest BCUT2D eigenvalue weighted by molar-refractivity contribution is 6.06. The van der Waals surface area contributed by atoms with Gasteiger partial charge in [-0.1, -0.05) is 6.07 Å². The van der Waals surface area contributed by atoms with E-state index < -0.39 is 23.8 Å². The number of carbonyl (C=O) groups is 3. The average Bonchev–Trinajstić information content (AvgIpc) is 3.81. The Morgan fingerprint density at radius 3 is 2.58 bits per heavy atom. The van der Waals surface area contributed by atoms with Crippen molar-refractivity contribution in [2.75, 3.05) is 48.4 Å². The van der Waals surface area contributed by atoms with E-state index in [0.717, 1.165) is 74.2 Å². The molecule has 1 aromatic carbocycles. The molecular formula is C38H39F3N10O4. The molecule has 2 unspecified atom stereocenters. The summed E-state index contributed by atoms with van der Waals surface area (Å²) in [6.07, 6.45) is 6.48. The molecule has 0 radical (unpaired) electrons. The van der Waals surface area contributed by atoms with Crippen molar-refractivity contribution in [3.05, 3.63) is 72.4 Å². The highest BCUT2D eigenvalue weighted by atomic mass is 19.4. The third-order valence-corrected chi connectivity index (χ3v) is 11.5. The maximum Gasteiger partial charge on any atom is 0.433 e. The smallest absolute Gasteiger partial charge is 0.433 e. The SMILES string of the molecule is COc1cc2nn(C3CCC(CN4C5CC4CN(c4cccn6c(N7CCC(=O)NC7=O)cnc46)C5)CC3)cc2cc1NC(=O)c1cccc(C(F)(F)F)n1. The summed E-state index contributed by atoms with van der Waals surface area (Å²) in [6, 6.07) is 11.5. The van der Waals surface area contributed by atoms with Gasteiger partial charge in [0.25, 0.3) is 5.91 Å². The number of hydrogen-bond acceptors (Lipinski definition) is 9. The van der Waals surface area contributed by atoms with Gasteiger partial charge >= 0.3 is 12.2 Å². The van der Waals surface area contributed by atoms with Crippen LogP contribution in [-0.4, -0.2) is 92.3 Å². The second kappa shape index (κ2) is 13.5. The Kier molecular flexibility index (Phi) is 8.62. The standard InChI is InChI=1S/C38H39F3N10O4/c1-55-31-16-28-23(14-29(31)44-36(53)27-4-2-6-32(43-27)38(39,40)41)19-51(46-28)24-9-7-22(8-10-24)18-50-25-15-26(50)21-47(20-25)30-5-3-12-48-34(17-42-35(30)48)49-13-11-33(52)45-37(49)54/h2-6,12,14,16-17,19,22,24-26H,7-11,13,15,18,20-21H2,1H3,(H,44,53)(H,45,52,54). The van der Waals surface area contributed by atoms with Gasteiger partial charge in [0, 0.05) is 68.5 Å². The number of imidazole rings is 1. The molecule has 1 aliphatic carbocycles. The summed E-state index contributed by atoms with van der Waals surface area (Å²) in [5, 5.41) is 10.7. The number of urea groups is 1. The summed E-state index contributed by atoms with van der Waals surface area (Å²) in [5.41, 5.74) is 1.37. The fourth-order valence-electron chi connectivity index (χ4n) is 8.72. The lowest BCUT2D eigenvalue weighted by Crippen LogP contribution is -2.69. The van der Waals surface area contributed by atoms with Crippen LogP contribution in [0.4, 0.5) is 35.2 Å². The molecular weight excluding hydrogens is 717 g/mol. The predicted molar refractivity (Wildman–Crippen MR) is 196 cm³/mol. The highest BCUT2D eigenvalue weighted by Crippen LogP contribution is 2.41. The van der Waals surface area contributed by atoms with Gasteiger partial charge in [-0.3, -0.25) is 33.8 Å². The van der Waals surface area contributed by atoms with Crippen molar-refractivity contribution in [2.24, 2.45) is 5.92 Å². The van der Waals surface area contributed by atoms with E-state index in [1.165, 1.54) is 19.6 Å².